The van der Waals surface area contributed by atoms with Crippen molar-refractivity contribution in [3.63, 3.8) is 0 Å². The van der Waals surface area contributed by atoms with Gasteiger partial charge in [-0.3, -0.25) is 9.63 Å². The molecule has 2 fully saturated rings. The van der Waals surface area contributed by atoms with Crippen molar-refractivity contribution >= 4 is 5.91 Å². The highest BCUT2D eigenvalue weighted by molar-refractivity contribution is 5.82. The Morgan fingerprint density at radius 3 is 2.80 bits per heavy atom. The fourth-order valence-electron chi connectivity index (χ4n) is 2.93. The zero-order chi connectivity index (χ0) is 13.5. The predicted molar refractivity (Wildman–Crippen MR) is 70.6 cm³/mol. The van der Waals surface area contributed by atoms with Gasteiger partial charge >= 0.3 is 0 Å². The summed E-state index contributed by atoms with van der Waals surface area (Å²) in [6, 6.07) is 5.99. The molecule has 5 nitrogen and oxygen atoms in total. The second kappa shape index (κ2) is 4.66. The standard InChI is InChI=1S/C15H17NO4/c17-15(16-4-1-5-20-16)12-9-11(12)10-2-3-13-14(8-10)19-7-6-18-13/h2-3,8,11-12H,1,4-7,9H2/t11-,12-/m0/s1. The molecule has 2 atom stereocenters. The number of ether oxygens (including phenoxy) is 2. The van der Waals surface area contributed by atoms with Crippen LogP contribution in [0, 0.1) is 5.92 Å². The Labute approximate surface area is 117 Å². The van der Waals surface area contributed by atoms with Crippen molar-refractivity contribution in [2.45, 2.75) is 18.8 Å². The number of amides is 1. The van der Waals surface area contributed by atoms with Gasteiger partial charge in [-0.05, 0) is 36.5 Å². The number of carbonyl (C=O) groups is 1. The van der Waals surface area contributed by atoms with E-state index in [1.165, 1.54) is 5.06 Å². The van der Waals surface area contributed by atoms with Gasteiger partial charge in [0.2, 0.25) is 5.91 Å². The quantitative estimate of drug-likeness (QED) is 0.824. The maximum Gasteiger partial charge on any atom is 0.249 e. The molecule has 4 rings (SSSR count). The Morgan fingerprint density at radius 2 is 2.00 bits per heavy atom. The van der Waals surface area contributed by atoms with Gasteiger partial charge in [-0.2, -0.15) is 0 Å². The van der Waals surface area contributed by atoms with E-state index in [0.29, 0.717) is 25.7 Å². The average molecular weight is 275 g/mol. The van der Waals surface area contributed by atoms with E-state index >= 15 is 0 Å². The number of nitrogens with zero attached hydrogens (tertiary/aromatic N) is 1. The smallest absolute Gasteiger partial charge is 0.249 e. The maximum absolute atomic E-state index is 12.2. The first-order chi connectivity index (χ1) is 9.83. The minimum absolute atomic E-state index is 0.0654. The molecule has 1 aromatic rings. The summed E-state index contributed by atoms with van der Waals surface area (Å²) in [4.78, 5) is 17.6. The molecule has 1 amide bonds. The van der Waals surface area contributed by atoms with E-state index in [1.807, 2.05) is 18.2 Å². The predicted octanol–water partition coefficient (Wildman–Crippen LogP) is 1.73. The second-order valence-electron chi connectivity index (χ2n) is 5.48. The topological polar surface area (TPSA) is 48.0 Å². The van der Waals surface area contributed by atoms with Crippen LogP contribution in [-0.2, 0) is 9.63 Å². The lowest BCUT2D eigenvalue weighted by molar-refractivity contribution is -0.170. The third kappa shape index (κ3) is 2.02. The number of benzene rings is 1. The van der Waals surface area contributed by atoms with Crippen LogP contribution in [0.5, 0.6) is 11.5 Å². The molecule has 0 bridgehead atoms. The van der Waals surface area contributed by atoms with Gasteiger partial charge in [0.25, 0.3) is 0 Å². The fourth-order valence-corrected chi connectivity index (χ4v) is 2.93. The summed E-state index contributed by atoms with van der Waals surface area (Å²) in [5.74, 6) is 2.08. The van der Waals surface area contributed by atoms with Crippen LogP contribution in [0.25, 0.3) is 0 Å². The number of hydrogen-bond acceptors (Lipinski definition) is 4. The molecular formula is C15H17NO4. The zero-order valence-corrected chi connectivity index (χ0v) is 11.2. The molecule has 20 heavy (non-hydrogen) atoms. The third-order valence-electron chi connectivity index (χ3n) is 4.10. The van der Waals surface area contributed by atoms with Gasteiger partial charge in [-0.25, -0.2) is 5.06 Å². The van der Waals surface area contributed by atoms with E-state index in [4.69, 9.17) is 14.3 Å². The molecule has 0 spiro atoms. The number of fused-ring (bicyclic) bond motifs is 1. The molecule has 2 heterocycles. The van der Waals surface area contributed by atoms with Crippen LogP contribution < -0.4 is 9.47 Å². The van der Waals surface area contributed by atoms with Crippen LogP contribution in [0.2, 0.25) is 0 Å². The number of hydrogen-bond donors (Lipinski definition) is 0. The first-order valence-corrected chi connectivity index (χ1v) is 7.17. The van der Waals surface area contributed by atoms with Crippen molar-refractivity contribution in [1.82, 2.24) is 5.06 Å². The zero-order valence-electron chi connectivity index (χ0n) is 11.2. The van der Waals surface area contributed by atoms with Gasteiger partial charge in [0.15, 0.2) is 11.5 Å². The van der Waals surface area contributed by atoms with Crippen LogP contribution in [0.1, 0.15) is 24.3 Å². The van der Waals surface area contributed by atoms with Crippen molar-refractivity contribution in [3.8, 4) is 11.5 Å². The lowest BCUT2D eigenvalue weighted by atomic mass is 10.1. The summed E-state index contributed by atoms with van der Waals surface area (Å²) in [5.41, 5.74) is 1.16. The van der Waals surface area contributed by atoms with Gasteiger partial charge in [0.1, 0.15) is 13.2 Å². The first kappa shape index (κ1) is 12.0. The summed E-state index contributed by atoms with van der Waals surface area (Å²) < 4.78 is 11.1. The highest BCUT2D eigenvalue weighted by atomic mass is 16.7. The Hall–Kier alpha value is -1.75. The average Bonchev–Trinajstić information content (AvgIpc) is 3.11. The summed E-state index contributed by atoms with van der Waals surface area (Å²) in [6.45, 7) is 2.57. The highest BCUT2D eigenvalue weighted by Crippen LogP contribution is 2.50. The molecule has 106 valence electrons. The molecule has 1 saturated heterocycles. The Bertz CT molecular complexity index is 539. The van der Waals surface area contributed by atoms with Crippen molar-refractivity contribution in [1.29, 1.82) is 0 Å². The second-order valence-corrected chi connectivity index (χ2v) is 5.48. The number of hydroxylamine groups is 2. The van der Waals surface area contributed by atoms with Gasteiger partial charge < -0.3 is 9.47 Å². The Balaban J connectivity index is 1.48. The molecule has 0 N–H and O–H groups in total. The van der Waals surface area contributed by atoms with Gasteiger partial charge in [0, 0.05) is 5.92 Å². The minimum atomic E-state index is 0.0654. The van der Waals surface area contributed by atoms with Crippen molar-refractivity contribution in [2.24, 2.45) is 5.92 Å². The lowest BCUT2D eigenvalue weighted by Crippen LogP contribution is -2.28. The van der Waals surface area contributed by atoms with Crippen LogP contribution >= 0.6 is 0 Å². The number of carbonyl (C=O) groups excluding carboxylic acids is 1. The SMILES string of the molecule is O=C([C@H]1C[C@H]1c1ccc2c(c1)OCCO2)N1CCCO1. The molecular weight excluding hydrogens is 258 g/mol. The summed E-state index contributed by atoms with van der Waals surface area (Å²) in [6.07, 6.45) is 1.84. The molecule has 5 heteroatoms. The van der Waals surface area contributed by atoms with E-state index in [9.17, 15) is 4.79 Å². The summed E-state index contributed by atoms with van der Waals surface area (Å²) >= 11 is 0. The van der Waals surface area contributed by atoms with Gasteiger partial charge in [0.05, 0.1) is 13.2 Å². The Kier molecular flexibility index (Phi) is 2.80. The van der Waals surface area contributed by atoms with Crippen LogP contribution in [0.4, 0.5) is 0 Å². The van der Waals surface area contributed by atoms with E-state index in [0.717, 1.165) is 36.4 Å². The molecule has 0 aromatic heterocycles. The molecule has 1 aromatic carbocycles. The molecule has 1 aliphatic carbocycles. The monoisotopic (exact) mass is 275 g/mol. The number of rotatable bonds is 2. The summed E-state index contributed by atoms with van der Waals surface area (Å²) in [5, 5.41) is 1.53. The molecule has 3 aliphatic rings. The summed E-state index contributed by atoms with van der Waals surface area (Å²) in [7, 11) is 0. The maximum atomic E-state index is 12.2. The molecule has 2 aliphatic heterocycles. The minimum Gasteiger partial charge on any atom is -0.486 e. The highest BCUT2D eigenvalue weighted by Gasteiger charge is 2.47. The van der Waals surface area contributed by atoms with Crippen molar-refractivity contribution < 1.29 is 19.1 Å². The van der Waals surface area contributed by atoms with E-state index in [2.05, 4.69) is 0 Å². The normalized spacial score (nSPS) is 27.5. The largest absolute Gasteiger partial charge is 0.486 e. The molecule has 0 unspecified atom stereocenters. The Morgan fingerprint density at radius 1 is 1.15 bits per heavy atom. The van der Waals surface area contributed by atoms with E-state index in [1.54, 1.807) is 0 Å². The molecule has 1 saturated carbocycles. The van der Waals surface area contributed by atoms with Gasteiger partial charge in [-0.1, -0.05) is 6.07 Å². The van der Waals surface area contributed by atoms with Gasteiger partial charge in [-0.15, -0.1) is 0 Å². The third-order valence-corrected chi connectivity index (χ3v) is 4.10. The fraction of sp³-hybridized carbons (Fsp3) is 0.533. The van der Waals surface area contributed by atoms with E-state index < -0.39 is 0 Å². The van der Waals surface area contributed by atoms with Crippen LogP contribution in [-0.4, -0.2) is 37.3 Å². The first-order valence-electron chi connectivity index (χ1n) is 7.17. The van der Waals surface area contributed by atoms with E-state index in [-0.39, 0.29) is 11.8 Å². The van der Waals surface area contributed by atoms with Crippen molar-refractivity contribution in [2.75, 3.05) is 26.4 Å². The van der Waals surface area contributed by atoms with Crippen LogP contribution in [0.3, 0.4) is 0 Å². The van der Waals surface area contributed by atoms with Crippen molar-refractivity contribution in [3.05, 3.63) is 23.8 Å². The molecule has 0 radical (unpaired) electrons. The lowest BCUT2D eigenvalue weighted by Gasteiger charge is -2.19. The van der Waals surface area contributed by atoms with Crippen LogP contribution in [0.15, 0.2) is 18.2 Å².